The van der Waals surface area contributed by atoms with Gasteiger partial charge in [0.1, 0.15) is 0 Å². The van der Waals surface area contributed by atoms with E-state index in [1.807, 2.05) is 12.1 Å². The van der Waals surface area contributed by atoms with Gasteiger partial charge < -0.3 is 5.73 Å². The Morgan fingerprint density at radius 3 is 2.05 bits per heavy atom. The second-order valence-electron chi connectivity index (χ2n) is 10.1. The largest absolute Gasteiger partial charge is 0.399 e. The molecular formula is C36H31N. The third kappa shape index (κ3) is 4.86. The van der Waals surface area contributed by atoms with Crippen molar-refractivity contribution >= 4 is 22.0 Å². The van der Waals surface area contributed by atoms with E-state index in [4.69, 9.17) is 5.73 Å². The Morgan fingerprint density at radius 2 is 1.32 bits per heavy atom. The Balaban J connectivity index is 1.24. The van der Waals surface area contributed by atoms with Crippen LogP contribution in [-0.4, -0.2) is 0 Å². The molecule has 37 heavy (non-hydrogen) atoms. The van der Waals surface area contributed by atoms with Crippen LogP contribution in [0, 0.1) is 0 Å². The molecule has 6 rings (SSSR count). The minimum absolute atomic E-state index is 0.795. The number of benzene rings is 5. The molecule has 5 aromatic rings. The highest BCUT2D eigenvalue weighted by atomic mass is 14.5. The molecule has 0 amide bonds. The first-order valence-corrected chi connectivity index (χ1v) is 13.0. The molecule has 0 saturated heterocycles. The van der Waals surface area contributed by atoms with Crippen molar-refractivity contribution in [1.29, 1.82) is 0 Å². The second-order valence-corrected chi connectivity index (χ2v) is 10.1. The number of nitrogens with two attached hydrogens (primary N) is 1. The number of allylic oxidation sites excluding steroid dienone is 4. The maximum absolute atomic E-state index is 6.05. The SMILES string of the molecule is CC1=CCC(c2ccc(Cc3ccc(Cc4ccccc4-c4cccc(N)c4)cc3)c3ccccc23)=C1. The number of rotatable bonds is 6. The van der Waals surface area contributed by atoms with Gasteiger partial charge in [0, 0.05) is 5.69 Å². The van der Waals surface area contributed by atoms with Gasteiger partial charge in [-0.25, -0.2) is 0 Å². The van der Waals surface area contributed by atoms with E-state index < -0.39 is 0 Å². The van der Waals surface area contributed by atoms with Crippen LogP contribution in [0.5, 0.6) is 0 Å². The molecule has 1 heteroatoms. The highest BCUT2D eigenvalue weighted by Gasteiger charge is 2.12. The molecule has 1 aliphatic carbocycles. The molecule has 0 bridgehead atoms. The highest BCUT2D eigenvalue weighted by Crippen LogP contribution is 2.34. The van der Waals surface area contributed by atoms with E-state index in [2.05, 4.69) is 116 Å². The molecule has 0 heterocycles. The first-order chi connectivity index (χ1) is 18.1. The Morgan fingerprint density at radius 1 is 0.622 bits per heavy atom. The lowest BCUT2D eigenvalue weighted by Crippen LogP contribution is -1.95. The van der Waals surface area contributed by atoms with Gasteiger partial charge in [-0.1, -0.05) is 115 Å². The van der Waals surface area contributed by atoms with E-state index in [9.17, 15) is 0 Å². The summed E-state index contributed by atoms with van der Waals surface area (Å²) in [5.41, 5.74) is 18.7. The summed E-state index contributed by atoms with van der Waals surface area (Å²) in [5.74, 6) is 0. The molecule has 180 valence electrons. The Kier molecular flexibility index (Phi) is 6.20. The van der Waals surface area contributed by atoms with Crippen molar-refractivity contribution in [3.05, 3.63) is 155 Å². The average Bonchev–Trinajstić information content (AvgIpc) is 3.36. The van der Waals surface area contributed by atoms with Crippen LogP contribution in [0.15, 0.2) is 127 Å². The third-order valence-corrected chi connectivity index (χ3v) is 7.43. The first-order valence-electron chi connectivity index (χ1n) is 13.0. The van der Waals surface area contributed by atoms with Gasteiger partial charge in [-0.3, -0.25) is 0 Å². The monoisotopic (exact) mass is 477 g/mol. The van der Waals surface area contributed by atoms with Gasteiger partial charge in [0.2, 0.25) is 0 Å². The van der Waals surface area contributed by atoms with Crippen molar-refractivity contribution in [2.24, 2.45) is 0 Å². The fourth-order valence-electron chi connectivity index (χ4n) is 5.52. The van der Waals surface area contributed by atoms with E-state index in [0.717, 1.165) is 24.9 Å². The van der Waals surface area contributed by atoms with Crippen LogP contribution in [0.25, 0.3) is 27.5 Å². The van der Waals surface area contributed by atoms with Crippen molar-refractivity contribution in [2.45, 2.75) is 26.2 Å². The van der Waals surface area contributed by atoms with Crippen LogP contribution in [-0.2, 0) is 12.8 Å². The van der Waals surface area contributed by atoms with E-state index >= 15 is 0 Å². The lowest BCUT2D eigenvalue weighted by Gasteiger charge is -2.13. The number of hydrogen-bond donors (Lipinski definition) is 1. The molecule has 0 radical (unpaired) electrons. The van der Waals surface area contributed by atoms with E-state index in [-0.39, 0.29) is 0 Å². The summed E-state index contributed by atoms with van der Waals surface area (Å²) in [4.78, 5) is 0. The van der Waals surface area contributed by atoms with Gasteiger partial charge in [0.25, 0.3) is 0 Å². The normalized spacial score (nSPS) is 13.0. The van der Waals surface area contributed by atoms with Gasteiger partial charge >= 0.3 is 0 Å². The Bertz CT molecular complexity index is 1650. The molecule has 1 nitrogen and oxygen atoms in total. The molecule has 5 aromatic carbocycles. The van der Waals surface area contributed by atoms with Crippen LogP contribution in [0.1, 0.15) is 41.2 Å². The fraction of sp³-hybridized carbons (Fsp3) is 0.111. The first kappa shape index (κ1) is 23.1. The van der Waals surface area contributed by atoms with Crippen molar-refractivity contribution in [3.63, 3.8) is 0 Å². The molecule has 2 N–H and O–H groups in total. The van der Waals surface area contributed by atoms with E-state index in [0.29, 0.717) is 0 Å². The number of anilines is 1. The third-order valence-electron chi connectivity index (χ3n) is 7.43. The summed E-state index contributed by atoms with van der Waals surface area (Å²) < 4.78 is 0. The van der Waals surface area contributed by atoms with E-state index in [1.54, 1.807) is 0 Å². The quantitative estimate of drug-likeness (QED) is 0.243. The van der Waals surface area contributed by atoms with Crippen LogP contribution in [0.2, 0.25) is 0 Å². The Labute approximate surface area is 219 Å². The molecule has 0 atom stereocenters. The topological polar surface area (TPSA) is 26.0 Å². The minimum Gasteiger partial charge on any atom is -0.399 e. The standard InChI is InChI=1S/C36H31N/c1-25-13-18-30(21-25)35-20-19-31(34-11-4-5-12-36(34)35)23-27-16-14-26(15-17-27)22-28-7-2-3-10-33(28)29-8-6-9-32(37)24-29/h2-17,19-21,24H,18,22-23,37H2,1H3. The van der Waals surface area contributed by atoms with Crippen molar-refractivity contribution in [3.8, 4) is 11.1 Å². The summed E-state index contributed by atoms with van der Waals surface area (Å²) >= 11 is 0. The Hall–Kier alpha value is -4.36. The van der Waals surface area contributed by atoms with Gasteiger partial charge in [0.05, 0.1) is 0 Å². The number of hydrogen-bond acceptors (Lipinski definition) is 1. The average molecular weight is 478 g/mol. The van der Waals surface area contributed by atoms with E-state index in [1.165, 1.54) is 60.9 Å². The molecule has 0 aromatic heterocycles. The molecule has 0 aliphatic heterocycles. The molecule has 0 saturated carbocycles. The zero-order valence-corrected chi connectivity index (χ0v) is 21.2. The predicted molar refractivity (Wildman–Crippen MR) is 159 cm³/mol. The van der Waals surface area contributed by atoms with Gasteiger partial charge in [-0.05, 0) is 93.6 Å². The van der Waals surface area contributed by atoms with Crippen LogP contribution in [0.3, 0.4) is 0 Å². The van der Waals surface area contributed by atoms with Crippen LogP contribution >= 0.6 is 0 Å². The van der Waals surface area contributed by atoms with Crippen molar-refractivity contribution in [1.82, 2.24) is 0 Å². The molecule has 0 fully saturated rings. The highest BCUT2D eigenvalue weighted by molar-refractivity contribution is 5.97. The number of nitrogen functional groups attached to an aromatic ring is 1. The number of fused-ring (bicyclic) bond motifs is 1. The van der Waals surface area contributed by atoms with Gasteiger partial charge in [-0.15, -0.1) is 0 Å². The zero-order valence-electron chi connectivity index (χ0n) is 21.2. The summed E-state index contributed by atoms with van der Waals surface area (Å²) in [7, 11) is 0. The fourth-order valence-corrected chi connectivity index (χ4v) is 5.52. The second kappa shape index (κ2) is 9.95. The smallest absolute Gasteiger partial charge is 0.0320 e. The van der Waals surface area contributed by atoms with Crippen LogP contribution < -0.4 is 5.73 Å². The molecule has 0 unspecified atom stereocenters. The maximum Gasteiger partial charge on any atom is 0.0320 e. The van der Waals surface area contributed by atoms with Crippen molar-refractivity contribution in [2.75, 3.05) is 5.73 Å². The zero-order chi connectivity index (χ0) is 25.2. The summed E-state index contributed by atoms with van der Waals surface area (Å²) in [6.45, 7) is 2.18. The predicted octanol–water partition coefficient (Wildman–Crippen LogP) is 9.00. The van der Waals surface area contributed by atoms with Gasteiger partial charge in [0.15, 0.2) is 0 Å². The molecule has 1 aliphatic rings. The van der Waals surface area contributed by atoms with Gasteiger partial charge in [-0.2, -0.15) is 0 Å². The molecular weight excluding hydrogens is 446 g/mol. The summed E-state index contributed by atoms with van der Waals surface area (Å²) in [6.07, 6.45) is 7.48. The molecule has 0 spiro atoms. The summed E-state index contributed by atoms with van der Waals surface area (Å²) in [5, 5.41) is 2.70. The summed E-state index contributed by atoms with van der Waals surface area (Å²) in [6, 6.07) is 39.4. The maximum atomic E-state index is 6.05. The lowest BCUT2D eigenvalue weighted by molar-refractivity contribution is 1.16. The minimum atomic E-state index is 0.795. The van der Waals surface area contributed by atoms with Crippen molar-refractivity contribution < 1.29 is 0 Å². The van der Waals surface area contributed by atoms with Crippen LogP contribution in [0.4, 0.5) is 5.69 Å². The lowest BCUT2D eigenvalue weighted by atomic mass is 9.91.